The summed E-state index contributed by atoms with van der Waals surface area (Å²) in [7, 11) is 0. The maximum atomic E-state index is 12.9. The number of fused-ring (bicyclic) bond motifs is 3. The molecule has 2 amide bonds. The summed E-state index contributed by atoms with van der Waals surface area (Å²) in [5, 5.41) is 11.2. The molecule has 7 nitrogen and oxygen atoms in total. The zero-order valence-electron chi connectivity index (χ0n) is 18.7. The summed E-state index contributed by atoms with van der Waals surface area (Å²) >= 11 is 0. The molecular formula is C25H26FN5O2. The molecule has 8 heteroatoms. The number of halogens is 1. The zero-order valence-corrected chi connectivity index (χ0v) is 18.7. The van der Waals surface area contributed by atoms with Crippen LogP contribution in [0.5, 0.6) is 0 Å². The number of nitrogens with one attached hydrogen (secondary N) is 2. The molecule has 2 aromatic carbocycles. The lowest BCUT2D eigenvalue weighted by Crippen LogP contribution is -2.35. The van der Waals surface area contributed by atoms with Gasteiger partial charge in [-0.15, -0.1) is 0 Å². The highest BCUT2D eigenvalue weighted by Gasteiger charge is 2.15. The highest BCUT2D eigenvalue weighted by Crippen LogP contribution is 2.22. The number of carbonyl (C=O) groups excluding carboxylic acids is 2. The molecule has 0 unspecified atom stereocenters. The first-order valence-corrected chi connectivity index (χ1v) is 10.9. The van der Waals surface area contributed by atoms with Crippen LogP contribution < -0.4 is 10.6 Å². The number of amides is 2. The largest absolute Gasteiger partial charge is 0.354 e. The fourth-order valence-electron chi connectivity index (χ4n) is 3.92. The molecule has 2 heterocycles. The Labute approximate surface area is 191 Å². The van der Waals surface area contributed by atoms with Crippen molar-refractivity contribution in [1.82, 2.24) is 25.2 Å². The van der Waals surface area contributed by atoms with Crippen LogP contribution in [0.15, 0.2) is 48.5 Å². The van der Waals surface area contributed by atoms with Gasteiger partial charge < -0.3 is 10.6 Å². The minimum atomic E-state index is -0.332. The van der Waals surface area contributed by atoms with E-state index in [9.17, 15) is 14.0 Å². The van der Waals surface area contributed by atoms with Crippen LogP contribution in [0.3, 0.4) is 0 Å². The van der Waals surface area contributed by atoms with E-state index in [2.05, 4.69) is 15.7 Å². The Morgan fingerprint density at radius 1 is 0.970 bits per heavy atom. The molecule has 2 aromatic heterocycles. The average Bonchev–Trinajstić information content (AvgIpc) is 3.17. The highest BCUT2D eigenvalue weighted by atomic mass is 19.1. The highest BCUT2D eigenvalue weighted by molar-refractivity contribution is 5.92. The van der Waals surface area contributed by atoms with Crippen molar-refractivity contribution < 1.29 is 14.0 Å². The number of aryl methyl sites for hydroxylation is 2. The second-order valence-corrected chi connectivity index (χ2v) is 8.02. The van der Waals surface area contributed by atoms with Crippen LogP contribution in [0, 0.1) is 19.7 Å². The van der Waals surface area contributed by atoms with E-state index in [-0.39, 0.29) is 24.1 Å². The van der Waals surface area contributed by atoms with Gasteiger partial charge in [-0.2, -0.15) is 5.10 Å². The standard InChI is InChI=1S/C25H26FN5O2/c1-16-20(17(2)31-25(29-16)21-5-3-4-6-22(21)30-31)11-12-23(32)27-13-14-28-24(33)15-18-7-9-19(26)10-8-18/h3-10H,11-15H2,1-2H3,(H,27,32)(H,28,33). The maximum absolute atomic E-state index is 12.9. The van der Waals surface area contributed by atoms with Gasteiger partial charge >= 0.3 is 0 Å². The summed E-state index contributed by atoms with van der Waals surface area (Å²) in [6, 6.07) is 13.7. The predicted octanol–water partition coefficient (Wildman–Crippen LogP) is 3.05. The van der Waals surface area contributed by atoms with Gasteiger partial charge in [0.2, 0.25) is 11.8 Å². The normalized spacial score (nSPS) is 11.1. The van der Waals surface area contributed by atoms with Gasteiger partial charge in [0, 0.05) is 36.3 Å². The van der Waals surface area contributed by atoms with Gasteiger partial charge in [-0.05, 0) is 55.7 Å². The molecule has 170 valence electrons. The first kappa shape index (κ1) is 22.4. The van der Waals surface area contributed by atoms with E-state index in [1.807, 2.05) is 42.6 Å². The third-order valence-corrected chi connectivity index (χ3v) is 5.67. The SMILES string of the molecule is Cc1nc2c3ccccc3nn2c(C)c1CCC(=O)NCCNC(=O)Cc1ccc(F)cc1. The lowest BCUT2D eigenvalue weighted by molar-refractivity contribution is -0.122. The Morgan fingerprint density at radius 2 is 1.67 bits per heavy atom. The second-order valence-electron chi connectivity index (χ2n) is 8.02. The van der Waals surface area contributed by atoms with Gasteiger partial charge in [0.25, 0.3) is 0 Å². The number of rotatable bonds is 8. The summed E-state index contributed by atoms with van der Waals surface area (Å²) in [5.74, 6) is -0.596. The van der Waals surface area contributed by atoms with Gasteiger partial charge in [0.15, 0.2) is 5.65 Å². The second kappa shape index (κ2) is 9.77. The lowest BCUT2D eigenvalue weighted by Gasteiger charge is -2.11. The van der Waals surface area contributed by atoms with Crippen molar-refractivity contribution in [3.63, 3.8) is 0 Å². The number of nitrogens with zero attached hydrogens (tertiary/aromatic N) is 3. The Balaban J connectivity index is 1.27. The van der Waals surface area contributed by atoms with E-state index in [1.165, 1.54) is 12.1 Å². The third-order valence-electron chi connectivity index (χ3n) is 5.67. The molecule has 4 rings (SSSR count). The van der Waals surface area contributed by atoms with Crippen LogP contribution >= 0.6 is 0 Å². The van der Waals surface area contributed by atoms with Crippen molar-refractivity contribution in [2.45, 2.75) is 33.1 Å². The number of hydrogen-bond acceptors (Lipinski definition) is 4. The van der Waals surface area contributed by atoms with Crippen LogP contribution in [0.2, 0.25) is 0 Å². The Morgan fingerprint density at radius 3 is 2.42 bits per heavy atom. The lowest BCUT2D eigenvalue weighted by atomic mass is 10.1. The molecule has 33 heavy (non-hydrogen) atoms. The summed E-state index contributed by atoms with van der Waals surface area (Å²) in [5.41, 5.74) is 5.34. The van der Waals surface area contributed by atoms with E-state index < -0.39 is 0 Å². The van der Waals surface area contributed by atoms with Crippen molar-refractivity contribution in [2.75, 3.05) is 13.1 Å². The van der Waals surface area contributed by atoms with Crippen molar-refractivity contribution in [1.29, 1.82) is 0 Å². The molecule has 0 saturated heterocycles. The van der Waals surface area contributed by atoms with Crippen LogP contribution in [0.25, 0.3) is 16.6 Å². The molecule has 0 bridgehead atoms. The zero-order chi connectivity index (χ0) is 23.4. The summed E-state index contributed by atoms with van der Waals surface area (Å²) in [6.07, 6.45) is 1.05. The fraction of sp³-hybridized carbons (Fsp3) is 0.280. The molecule has 0 aliphatic heterocycles. The molecule has 0 radical (unpaired) electrons. The van der Waals surface area contributed by atoms with Gasteiger partial charge in [-0.25, -0.2) is 13.9 Å². The van der Waals surface area contributed by atoms with E-state index in [0.717, 1.165) is 39.1 Å². The van der Waals surface area contributed by atoms with Crippen molar-refractivity contribution in [3.8, 4) is 0 Å². The average molecular weight is 448 g/mol. The maximum Gasteiger partial charge on any atom is 0.224 e. The topological polar surface area (TPSA) is 88.4 Å². The smallest absolute Gasteiger partial charge is 0.224 e. The molecule has 0 spiro atoms. The molecule has 0 aliphatic carbocycles. The van der Waals surface area contributed by atoms with Crippen LogP contribution in [0.4, 0.5) is 4.39 Å². The molecule has 4 aromatic rings. The minimum Gasteiger partial charge on any atom is -0.354 e. The fourth-order valence-corrected chi connectivity index (χ4v) is 3.92. The molecule has 0 atom stereocenters. The molecule has 2 N–H and O–H groups in total. The van der Waals surface area contributed by atoms with Crippen LogP contribution in [0.1, 0.15) is 28.9 Å². The van der Waals surface area contributed by atoms with Gasteiger partial charge in [0.05, 0.1) is 11.9 Å². The van der Waals surface area contributed by atoms with Crippen molar-refractivity contribution >= 4 is 28.4 Å². The number of hydrogen-bond donors (Lipinski definition) is 2. The molecule has 0 saturated carbocycles. The molecule has 0 fully saturated rings. The Bertz CT molecular complexity index is 1310. The van der Waals surface area contributed by atoms with Crippen molar-refractivity contribution in [2.24, 2.45) is 0 Å². The van der Waals surface area contributed by atoms with Gasteiger partial charge in [-0.1, -0.05) is 24.3 Å². The molecule has 0 aliphatic rings. The minimum absolute atomic E-state index is 0.0905. The van der Waals surface area contributed by atoms with Crippen LogP contribution in [-0.4, -0.2) is 39.5 Å². The Hall–Kier alpha value is -3.81. The number of carbonyl (C=O) groups is 2. The van der Waals surface area contributed by atoms with Crippen molar-refractivity contribution in [3.05, 3.63) is 76.9 Å². The first-order chi connectivity index (χ1) is 15.9. The molecular weight excluding hydrogens is 421 g/mol. The van der Waals surface area contributed by atoms with E-state index in [0.29, 0.717) is 25.9 Å². The summed E-state index contributed by atoms with van der Waals surface area (Å²) in [6.45, 7) is 4.63. The number of benzene rings is 2. The van der Waals surface area contributed by atoms with Crippen LogP contribution in [-0.2, 0) is 22.4 Å². The van der Waals surface area contributed by atoms with E-state index >= 15 is 0 Å². The van der Waals surface area contributed by atoms with Gasteiger partial charge in [-0.3, -0.25) is 9.59 Å². The Kier molecular flexibility index (Phi) is 6.63. The summed E-state index contributed by atoms with van der Waals surface area (Å²) in [4.78, 5) is 29.0. The van der Waals surface area contributed by atoms with E-state index in [1.54, 1.807) is 12.1 Å². The first-order valence-electron chi connectivity index (χ1n) is 10.9. The third kappa shape index (κ3) is 5.16. The monoisotopic (exact) mass is 447 g/mol. The summed E-state index contributed by atoms with van der Waals surface area (Å²) < 4.78 is 14.8. The quantitative estimate of drug-likeness (QED) is 0.407. The number of aromatic nitrogens is 3. The predicted molar refractivity (Wildman–Crippen MR) is 124 cm³/mol. The van der Waals surface area contributed by atoms with E-state index in [4.69, 9.17) is 4.98 Å². The van der Waals surface area contributed by atoms with Gasteiger partial charge in [0.1, 0.15) is 5.82 Å².